The highest BCUT2D eigenvalue weighted by molar-refractivity contribution is 6.08. The van der Waals surface area contributed by atoms with E-state index in [-0.39, 0.29) is 5.78 Å². The van der Waals surface area contributed by atoms with Crippen molar-refractivity contribution in [1.29, 1.82) is 0 Å². The molecule has 2 aromatic rings. The smallest absolute Gasteiger partial charge is 0.196 e. The summed E-state index contributed by atoms with van der Waals surface area (Å²) in [7, 11) is 0. The molecule has 0 saturated heterocycles. The van der Waals surface area contributed by atoms with Crippen molar-refractivity contribution in [1.82, 2.24) is 14.8 Å². The van der Waals surface area contributed by atoms with Crippen molar-refractivity contribution >= 4 is 5.78 Å². The maximum absolute atomic E-state index is 12.2. The Kier molecular flexibility index (Phi) is 3.84. The van der Waals surface area contributed by atoms with Gasteiger partial charge in [0.15, 0.2) is 5.78 Å². The van der Waals surface area contributed by atoms with Crippen molar-refractivity contribution < 1.29 is 4.79 Å². The lowest BCUT2D eigenvalue weighted by Crippen LogP contribution is -2.05. The first kappa shape index (κ1) is 12.4. The van der Waals surface area contributed by atoms with Gasteiger partial charge >= 0.3 is 0 Å². The summed E-state index contributed by atoms with van der Waals surface area (Å²) in [4.78, 5) is 16.3. The molecule has 0 aliphatic carbocycles. The Bertz CT molecular complexity index is 547. The molecule has 0 unspecified atom stereocenters. The van der Waals surface area contributed by atoms with E-state index >= 15 is 0 Å². The summed E-state index contributed by atoms with van der Waals surface area (Å²) in [6.45, 7) is 3.22. The van der Waals surface area contributed by atoms with Crippen LogP contribution >= 0.6 is 0 Å². The Morgan fingerprint density at radius 3 is 3.00 bits per heavy atom. The molecule has 0 fully saturated rings. The van der Waals surface area contributed by atoms with Gasteiger partial charge in [-0.3, -0.25) is 14.5 Å². The monoisotopic (exact) mass is 244 g/mol. The number of aromatic nitrogens is 3. The van der Waals surface area contributed by atoms with Crippen LogP contribution in [0.5, 0.6) is 0 Å². The van der Waals surface area contributed by atoms with E-state index in [2.05, 4.69) is 17.0 Å². The molecule has 0 saturated carbocycles. The number of nitrogens with zero attached hydrogens (tertiary/aromatic N) is 3. The highest BCUT2D eigenvalue weighted by Crippen LogP contribution is 2.10. The zero-order chi connectivity index (χ0) is 13.0. The zero-order valence-corrected chi connectivity index (χ0v) is 10.3. The van der Waals surface area contributed by atoms with E-state index in [1.165, 1.54) is 0 Å². The fourth-order valence-electron chi connectivity index (χ4n) is 1.73. The van der Waals surface area contributed by atoms with Crippen LogP contribution in [0.15, 0.2) is 30.7 Å². The van der Waals surface area contributed by atoms with Gasteiger partial charge in [-0.25, -0.2) is 0 Å². The topological polar surface area (TPSA) is 73.8 Å². The van der Waals surface area contributed by atoms with E-state index in [9.17, 15) is 4.79 Å². The summed E-state index contributed by atoms with van der Waals surface area (Å²) >= 11 is 0. The number of carbonyl (C=O) groups excluding carboxylic acids is 1. The maximum atomic E-state index is 12.2. The Balaban J connectivity index is 2.23. The van der Waals surface area contributed by atoms with Gasteiger partial charge in [0.25, 0.3) is 0 Å². The Hall–Kier alpha value is -2.01. The number of pyridine rings is 1. The lowest BCUT2D eigenvalue weighted by molar-refractivity contribution is 0.103. The van der Waals surface area contributed by atoms with Crippen LogP contribution < -0.4 is 5.73 Å². The van der Waals surface area contributed by atoms with E-state index in [0.717, 1.165) is 13.0 Å². The molecule has 0 aromatic carbocycles. The summed E-state index contributed by atoms with van der Waals surface area (Å²) < 4.78 is 1.78. The molecule has 2 rings (SSSR count). The van der Waals surface area contributed by atoms with E-state index < -0.39 is 0 Å². The first-order chi connectivity index (χ1) is 8.74. The average molecular weight is 244 g/mol. The molecular formula is C13H16N4O. The molecule has 2 N–H and O–H groups in total. The summed E-state index contributed by atoms with van der Waals surface area (Å²) in [5.74, 6) is -0.0468. The molecule has 0 atom stereocenters. The van der Waals surface area contributed by atoms with E-state index in [1.807, 2.05) is 0 Å². The third-order valence-corrected chi connectivity index (χ3v) is 2.64. The average Bonchev–Trinajstić information content (AvgIpc) is 2.87. The van der Waals surface area contributed by atoms with Crippen LogP contribution in [0, 0.1) is 0 Å². The van der Waals surface area contributed by atoms with Gasteiger partial charge in [-0.15, -0.1) is 0 Å². The van der Waals surface area contributed by atoms with Crippen molar-refractivity contribution in [2.24, 2.45) is 5.73 Å². The maximum Gasteiger partial charge on any atom is 0.196 e. The van der Waals surface area contributed by atoms with Gasteiger partial charge in [0.2, 0.25) is 0 Å². The van der Waals surface area contributed by atoms with Gasteiger partial charge in [-0.05, 0) is 18.6 Å². The number of ketones is 1. The van der Waals surface area contributed by atoms with Crippen LogP contribution in [0.2, 0.25) is 0 Å². The largest absolute Gasteiger partial charge is 0.325 e. The summed E-state index contributed by atoms with van der Waals surface area (Å²) in [5, 5.41) is 4.15. The second-order valence-corrected chi connectivity index (χ2v) is 4.06. The van der Waals surface area contributed by atoms with Crippen LogP contribution in [-0.4, -0.2) is 20.5 Å². The molecule has 18 heavy (non-hydrogen) atoms. The third-order valence-electron chi connectivity index (χ3n) is 2.64. The van der Waals surface area contributed by atoms with Crippen molar-refractivity contribution in [2.75, 3.05) is 0 Å². The molecule has 0 radical (unpaired) electrons. The van der Waals surface area contributed by atoms with Crippen LogP contribution in [0.3, 0.4) is 0 Å². The van der Waals surface area contributed by atoms with E-state index in [0.29, 0.717) is 23.4 Å². The second kappa shape index (κ2) is 5.55. The molecule has 2 aromatic heterocycles. The molecule has 5 heteroatoms. The van der Waals surface area contributed by atoms with Gasteiger partial charge < -0.3 is 5.73 Å². The molecule has 94 valence electrons. The van der Waals surface area contributed by atoms with Crippen LogP contribution in [-0.2, 0) is 13.1 Å². The molecule has 0 bridgehead atoms. The Morgan fingerprint density at radius 2 is 2.28 bits per heavy atom. The lowest BCUT2D eigenvalue weighted by Gasteiger charge is -2.00. The van der Waals surface area contributed by atoms with Crippen molar-refractivity contribution in [3.63, 3.8) is 0 Å². The highest BCUT2D eigenvalue weighted by Gasteiger charge is 2.11. The number of hydrogen-bond donors (Lipinski definition) is 1. The summed E-state index contributed by atoms with van der Waals surface area (Å²) in [5.41, 5.74) is 7.41. The molecule has 0 aliphatic heterocycles. The molecule has 0 amide bonds. The second-order valence-electron chi connectivity index (χ2n) is 4.06. The zero-order valence-electron chi connectivity index (χ0n) is 10.3. The van der Waals surface area contributed by atoms with Gasteiger partial charge in [0.05, 0.1) is 17.5 Å². The predicted octanol–water partition coefficient (Wildman–Crippen LogP) is 1.38. The minimum Gasteiger partial charge on any atom is -0.325 e. The Morgan fingerprint density at radius 1 is 1.44 bits per heavy atom. The number of aryl methyl sites for hydroxylation is 1. The molecule has 5 nitrogen and oxygen atoms in total. The quantitative estimate of drug-likeness (QED) is 0.806. The van der Waals surface area contributed by atoms with E-state index in [1.54, 1.807) is 35.4 Å². The first-order valence-electron chi connectivity index (χ1n) is 5.96. The highest BCUT2D eigenvalue weighted by atomic mass is 16.1. The van der Waals surface area contributed by atoms with Gasteiger partial charge in [-0.2, -0.15) is 5.10 Å². The number of rotatable bonds is 5. The number of hydrogen-bond acceptors (Lipinski definition) is 4. The summed E-state index contributed by atoms with van der Waals surface area (Å²) in [6.07, 6.45) is 5.96. The molecule has 0 spiro atoms. The first-order valence-corrected chi connectivity index (χ1v) is 5.96. The van der Waals surface area contributed by atoms with Crippen LogP contribution in [0.4, 0.5) is 0 Å². The fourth-order valence-corrected chi connectivity index (χ4v) is 1.73. The Labute approximate surface area is 106 Å². The normalized spacial score (nSPS) is 10.6. The van der Waals surface area contributed by atoms with Crippen molar-refractivity contribution in [2.45, 2.75) is 26.4 Å². The van der Waals surface area contributed by atoms with Gasteiger partial charge in [-0.1, -0.05) is 6.92 Å². The fraction of sp³-hybridized carbons (Fsp3) is 0.308. The minimum atomic E-state index is -0.0468. The van der Waals surface area contributed by atoms with Crippen LogP contribution in [0.1, 0.15) is 35.0 Å². The van der Waals surface area contributed by atoms with Crippen molar-refractivity contribution in [3.8, 4) is 0 Å². The molecular weight excluding hydrogens is 228 g/mol. The molecule has 0 aliphatic rings. The van der Waals surface area contributed by atoms with Gasteiger partial charge in [0, 0.05) is 31.0 Å². The minimum absolute atomic E-state index is 0.0468. The third kappa shape index (κ3) is 2.62. The van der Waals surface area contributed by atoms with Crippen LogP contribution in [0.25, 0.3) is 0 Å². The lowest BCUT2D eigenvalue weighted by atomic mass is 10.1. The molecule has 2 heterocycles. The van der Waals surface area contributed by atoms with Gasteiger partial charge in [0.1, 0.15) is 0 Å². The standard InChI is InChI=1S/C13H16N4O/c1-2-5-17-9-11(8-16-17)13(18)10-3-4-15-12(6-10)7-14/h3-4,6,8-9H,2,5,7,14H2,1H3. The number of nitrogens with two attached hydrogens (primary N) is 1. The van der Waals surface area contributed by atoms with E-state index in [4.69, 9.17) is 5.73 Å². The SMILES string of the molecule is CCCn1cc(C(=O)c2ccnc(CN)c2)cn1. The number of carbonyl (C=O) groups is 1. The van der Waals surface area contributed by atoms with Crippen molar-refractivity contribution in [3.05, 3.63) is 47.5 Å². The summed E-state index contributed by atoms with van der Waals surface area (Å²) in [6, 6.07) is 3.41. The predicted molar refractivity (Wildman–Crippen MR) is 68.1 cm³/mol.